The average molecular weight is 261 g/mol. The number of aromatic nitrogens is 2. The lowest BCUT2D eigenvalue weighted by molar-refractivity contribution is 0.231. The zero-order chi connectivity index (χ0) is 13.9. The minimum Gasteiger partial charge on any atom is -0.396 e. The van der Waals surface area contributed by atoms with Gasteiger partial charge in [-0.25, -0.2) is 4.98 Å². The normalized spacial score (nSPS) is 12.2. The molecule has 0 aliphatic heterocycles. The standard InChI is InChI=1S/C15H23N3O/c1-11-17-13-5-4-12(10-14(13)18-11)6-8-16-15(2,3)7-9-19/h4-5,10,16,19H,6-9H2,1-3H3,(H,17,18). The van der Waals surface area contributed by atoms with Crippen LogP contribution in [0.3, 0.4) is 0 Å². The van der Waals surface area contributed by atoms with Crippen molar-refractivity contribution in [2.45, 2.75) is 39.2 Å². The molecule has 1 heterocycles. The molecular formula is C15H23N3O. The van der Waals surface area contributed by atoms with Crippen molar-refractivity contribution in [3.8, 4) is 0 Å². The molecule has 0 aliphatic carbocycles. The molecule has 19 heavy (non-hydrogen) atoms. The highest BCUT2D eigenvalue weighted by Gasteiger charge is 2.15. The lowest BCUT2D eigenvalue weighted by Crippen LogP contribution is -2.41. The van der Waals surface area contributed by atoms with Gasteiger partial charge in [-0.15, -0.1) is 0 Å². The number of hydrogen-bond acceptors (Lipinski definition) is 3. The molecule has 0 saturated carbocycles. The number of H-pyrrole nitrogens is 1. The first-order valence-electron chi connectivity index (χ1n) is 6.81. The van der Waals surface area contributed by atoms with Crippen molar-refractivity contribution in [3.63, 3.8) is 0 Å². The Labute approximate surface area is 114 Å². The molecule has 104 valence electrons. The van der Waals surface area contributed by atoms with Gasteiger partial charge >= 0.3 is 0 Å². The van der Waals surface area contributed by atoms with E-state index >= 15 is 0 Å². The number of benzene rings is 1. The second-order valence-electron chi connectivity index (χ2n) is 5.71. The zero-order valence-electron chi connectivity index (χ0n) is 12.0. The third-order valence-electron chi connectivity index (χ3n) is 3.42. The van der Waals surface area contributed by atoms with Crippen LogP contribution in [0.5, 0.6) is 0 Å². The van der Waals surface area contributed by atoms with Crippen LogP contribution in [-0.4, -0.2) is 33.8 Å². The Bertz CT molecular complexity index is 545. The van der Waals surface area contributed by atoms with Gasteiger partial charge in [-0.2, -0.15) is 0 Å². The van der Waals surface area contributed by atoms with Crippen LogP contribution in [0.15, 0.2) is 18.2 Å². The van der Waals surface area contributed by atoms with E-state index in [1.54, 1.807) is 0 Å². The van der Waals surface area contributed by atoms with Crippen LogP contribution in [-0.2, 0) is 6.42 Å². The summed E-state index contributed by atoms with van der Waals surface area (Å²) < 4.78 is 0. The van der Waals surface area contributed by atoms with Crippen LogP contribution in [0, 0.1) is 6.92 Å². The summed E-state index contributed by atoms with van der Waals surface area (Å²) in [5.74, 6) is 0.953. The molecule has 0 fully saturated rings. The predicted octanol–water partition coefficient (Wildman–Crippen LogP) is 2.16. The molecule has 4 nitrogen and oxygen atoms in total. The minimum atomic E-state index is -0.0105. The molecule has 3 N–H and O–H groups in total. The Morgan fingerprint density at radius 3 is 2.89 bits per heavy atom. The number of nitrogens with zero attached hydrogens (tertiary/aromatic N) is 1. The quantitative estimate of drug-likeness (QED) is 0.747. The van der Waals surface area contributed by atoms with Gasteiger partial charge in [0, 0.05) is 12.1 Å². The molecule has 0 saturated heterocycles. The topological polar surface area (TPSA) is 60.9 Å². The van der Waals surface area contributed by atoms with Gasteiger partial charge in [0.15, 0.2) is 0 Å². The number of aliphatic hydroxyl groups is 1. The van der Waals surface area contributed by atoms with Crippen LogP contribution in [0.25, 0.3) is 11.0 Å². The lowest BCUT2D eigenvalue weighted by atomic mass is 10.0. The Balaban J connectivity index is 1.94. The molecule has 0 atom stereocenters. The van der Waals surface area contributed by atoms with E-state index in [2.05, 4.69) is 47.3 Å². The molecule has 0 aliphatic rings. The van der Waals surface area contributed by atoms with Crippen LogP contribution < -0.4 is 5.32 Å². The van der Waals surface area contributed by atoms with Gasteiger partial charge in [-0.3, -0.25) is 0 Å². The van der Waals surface area contributed by atoms with E-state index in [1.165, 1.54) is 5.56 Å². The van der Waals surface area contributed by atoms with E-state index in [0.29, 0.717) is 0 Å². The summed E-state index contributed by atoms with van der Waals surface area (Å²) >= 11 is 0. The van der Waals surface area contributed by atoms with Crippen molar-refractivity contribution in [2.24, 2.45) is 0 Å². The molecule has 4 heteroatoms. The number of rotatable bonds is 6. The summed E-state index contributed by atoms with van der Waals surface area (Å²) in [5.41, 5.74) is 3.41. The Morgan fingerprint density at radius 1 is 1.37 bits per heavy atom. The van der Waals surface area contributed by atoms with Crippen LogP contribution in [0.1, 0.15) is 31.7 Å². The molecule has 0 radical (unpaired) electrons. The van der Waals surface area contributed by atoms with Gasteiger partial charge in [0.1, 0.15) is 5.82 Å². The zero-order valence-corrected chi connectivity index (χ0v) is 12.0. The number of aryl methyl sites for hydroxylation is 1. The van der Waals surface area contributed by atoms with Crippen molar-refractivity contribution in [1.29, 1.82) is 0 Å². The highest BCUT2D eigenvalue weighted by molar-refractivity contribution is 5.75. The van der Waals surface area contributed by atoms with E-state index < -0.39 is 0 Å². The van der Waals surface area contributed by atoms with E-state index in [0.717, 1.165) is 36.2 Å². The maximum Gasteiger partial charge on any atom is 0.104 e. The maximum absolute atomic E-state index is 8.99. The average Bonchev–Trinajstić information content (AvgIpc) is 2.68. The fourth-order valence-corrected chi connectivity index (χ4v) is 2.25. The van der Waals surface area contributed by atoms with E-state index in [1.807, 2.05) is 6.92 Å². The SMILES string of the molecule is Cc1nc2ccc(CCNC(C)(C)CCO)cc2[nH]1. The molecule has 0 amide bonds. The third-order valence-corrected chi connectivity index (χ3v) is 3.42. The fraction of sp³-hybridized carbons (Fsp3) is 0.533. The Kier molecular flexibility index (Phi) is 4.22. The van der Waals surface area contributed by atoms with Gasteiger partial charge in [-0.1, -0.05) is 6.07 Å². The van der Waals surface area contributed by atoms with Crippen molar-refractivity contribution in [1.82, 2.24) is 15.3 Å². The lowest BCUT2D eigenvalue weighted by Gasteiger charge is -2.25. The largest absolute Gasteiger partial charge is 0.396 e. The number of imidazole rings is 1. The Hall–Kier alpha value is -1.39. The fourth-order valence-electron chi connectivity index (χ4n) is 2.25. The highest BCUT2D eigenvalue weighted by atomic mass is 16.3. The predicted molar refractivity (Wildman–Crippen MR) is 78.3 cm³/mol. The van der Waals surface area contributed by atoms with E-state index in [9.17, 15) is 0 Å². The molecule has 1 aromatic carbocycles. The van der Waals surface area contributed by atoms with Crippen LogP contribution in [0.4, 0.5) is 0 Å². The summed E-state index contributed by atoms with van der Waals surface area (Å²) in [7, 11) is 0. The van der Waals surface area contributed by atoms with Gasteiger partial charge < -0.3 is 15.4 Å². The van der Waals surface area contributed by atoms with Crippen molar-refractivity contribution >= 4 is 11.0 Å². The van der Waals surface area contributed by atoms with Crippen molar-refractivity contribution in [3.05, 3.63) is 29.6 Å². The van der Waals surface area contributed by atoms with Crippen LogP contribution >= 0.6 is 0 Å². The second kappa shape index (κ2) is 5.72. The van der Waals surface area contributed by atoms with Crippen molar-refractivity contribution < 1.29 is 5.11 Å². The summed E-state index contributed by atoms with van der Waals surface area (Å²) in [5, 5.41) is 12.5. The number of aliphatic hydroxyl groups excluding tert-OH is 1. The molecule has 1 aromatic heterocycles. The molecule has 2 rings (SSSR count). The van der Waals surface area contributed by atoms with Gasteiger partial charge in [0.2, 0.25) is 0 Å². The first-order valence-corrected chi connectivity index (χ1v) is 6.81. The van der Waals surface area contributed by atoms with E-state index in [4.69, 9.17) is 5.11 Å². The maximum atomic E-state index is 8.99. The smallest absolute Gasteiger partial charge is 0.104 e. The summed E-state index contributed by atoms with van der Waals surface area (Å²) in [6, 6.07) is 6.35. The first kappa shape index (κ1) is 14.0. The molecular weight excluding hydrogens is 238 g/mol. The summed E-state index contributed by atoms with van der Waals surface area (Å²) in [4.78, 5) is 7.66. The molecule has 0 unspecified atom stereocenters. The summed E-state index contributed by atoms with van der Waals surface area (Å²) in [6.45, 7) is 7.33. The Morgan fingerprint density at radius 2 is 2.16 bits per heavy atom. The monoisotopic (exact) mass is 261 g/mol. The third kappa shape index (κ3) is 3.78. The first-order chi connectivity index (χ1) is 9.00. The number of aromatic amines is 1. The number of fused-ring (bicyclic) bond motifs is 1. The van der Waals surface area contributed by atoms with Gasteiger partial charge in [-0.05, 0) is 57.9 Å². The molecule has 2 aromatic rings. The molecule has 0 spiro atoms. The van der Waals surface area contributed by atoms with Crippen LogP contribution in [0.2, 0.25) is 0 Å². The minimum absolute atomic E-state index is 0.0105. The van der Waals surface area contributed by atoms with Gasteiger partial charge in [0.25, 0.3) is 0 Å². The molecule has 0 bridgehead atoms. The summed E-state index contributed by atoms with van der Waals surface area (Å²) in [6.07, 6.45) is 1.74. The van der Waals surface area contributed by atoms with Crippen molar-refractivity contribution in [2.75, 3.05) is 13.2 Å². The second-order valence-corrected chi connectivity index (χ2v) is 5.71. The number of hydrogen-bond donors (Lipinski definition) is 3. The highest BCUT2D eigenvalue weighted by Crippen LogP contribution is 2.14. The number of nitrogens with one attached hydrogen (secondary N) is 2. The van der Waals surface area contributed by atoms with Gasteiger partial charge in [0.05, 0.1) is 11.0 Å². The van der Waals surface area contributed by atoms with E-state index in [-0.39, 0.29) is 12.1 Å².